The normalized spacial score (nSPS) is 19.6. The summed E-state index contributed by atoms with van der Waals surface area (Å²) in [6, 6.07) is 4.05. The molecule has 138 valence electrons. The highest BCUT2D eigenvalue weighted by atomic mass is 16.5. The van der Waals surface area contributed by atoms with Crippen LogP contribution in [0.1, 0.15) is 25.3 Å². The van der Waals surface area contributed by atoms with Crippen LogP contribution in [-0.2, 0) is 11.3 Å². The molecule has 0 bridgehead atoms. The fourth-order valence-electron chi connectivity index (χ4n) is 3.33. The van der Waals surface area contributed by atoms with E-state index in [0.717, 1.165) is 57.3 Å². The van der Waals surface area contributed by atoms with Gasteiger partial charge in [-0.1, -0.05) is 6.07 Å². The Morgan fingerprint density at radius 2 is 2.00 bits per heavy atom. The maximum Gasteiger partial charge on any atom is 0.315 e. The highest BCUT2D eigenvalue weighted by molar-refractivity contribution is 5.74. The molecule has 2 saturated heterocycles. The second-order valence-electron chi connectivity index (χ2n) is 6.86. The number of anilines is 1. The Morgan fingerprint density at radius 1 is 1.24 bits per heavy atom. The van der Waals surface area contributed by atoms with E-state index in [0.29, 0.717) is 6.54 Å². The summed E-state index contributed by atoms with van der Waals surface area (Å²) < 4.78 is 5.34. The van der Waals surface area contributed by atoms with Gasteiger partial charge in [0, 0.05) is 51.5 Å². The van der Waals surface area contributed by atoms with Gasteiger partial charge in [-0.2, -0.15) is 0 Å². The second-order valence-corrected chi connectivity index (χ2v) is 6.86. The van der Waals surface area contributed by atoms with Crippen LogP contribution in [0, 0.1) is 0 Å². The minimum Gasteiger partial charge on any atom is -0.379 e. The van der Waals surface area contributed by atoms with Crippen LogP contribution < -0.4 is 15.5 Å². The molecule has 2 fully saturated rings. The number of hydrogen-bond donors (Lipinski definition) is 2. The Bertz CT molecular complexity index is 539. The number of nitrogens with zero attached hydrogens (tertiary/aromatic N) is 3. The lowest BCUT2D eigenvalue weighted by Gasteiger charge is -2.29. The van der Waals surface area contributed by atoms with E-state index in [1.807, 2.05) is 25.3 Å². The number of urea groups is 1. The van der Waals surface area contributed by atoms with Crippen molar-refractivity contribution in [1.82, 2.24) is 20.5 Å². The summed E-state index contributed by atoms with van der Waals surface area (Å²) in [4.78, 5) is 21.2. The van der Waals surface area contributed by atoms with Gasteiger partial charge in [0.25, 0.3) is 0 Å². The van der Waals surface area contributed by atoms with E-state index in [1.165, 1.54) is 12.8 Å². The van der Waals surface area contributed by atoms with E-state index in [2.05, 4.69) is 25.4 Å². The van der Waals surface area contributed by atoms with Crippen LogP contribution in [0.4, 0.5) is 10.6 Å². The van der Waals surface area contributed by atoms with Crippen LogP contribution in [0.2, 0.25) is 0 Å². The van der Waals surface area contributed by atoms with Gasteiger partial charge < -0.3 is 20.3 Å². The number of morpholine rings is 1. The molecule has 1 aromatic heterocycles. The zero-order valence-corrected chi connectivity index (χ0v) is 15.0. The van der Waals surface area contributed by atoms with Crippen LogP contribution in [0.25, 0.3) is 0 Å². The number of hydrogen-bond acceptors (Lipinski definition) is 5. The van der Waals surface area contributed by atoms with Crippen molar-refractivity contribution < 1.29 is 9.53 Å². The summed E-state index contributed by atoms with van der Waals surface area (Å²) in [6.45, 7) is 8.97. The van der Waals surface area contributed by atoms with E-state index >= 15 is 0 Å². The topological polar surface area (TPSA) is 69.7 Å². The van der Waals surface area contributed by atoms with Gasteiger partial charge in [-0.05, 0) is 31.4 Å². The molecule has 3 rings (SSSR count). The number of rotatable bonds is 6. The van der Waals surface area contributed by atoms with Gasteiger partial charge in [0.15, 0.2) is 0 Å². The summed E-state index contributed by atoms with van der Waals surface area (Å²) in [5.74, 6) is 1.03. The standard InChI is InChI=1S/C18H29N5O2/c1-15(14-22-8-10-25-11-9-22)21-18(24)20-13-16-4-5-17(19-12-16)23-6-2-3-7-23/h4-5,12,15H,2-3,6-11,13-14H2,1H3,(H2,20,21,24)/t15-/m0/s1. The third-order valence-corrected chi connectivity index (χ3v) is 4.71. The SMILES string of the molecule is C[C@@H](CN1CCOCC1)NC(=O)NCc1ccc(N2CCCC2)nc1. The van der Waals surface area contributed by atoms with E-state index < -0.39 is 0 Å². The van der Waals surface area contributed by atoms with Gasteiger partial charge in [0.05, 0.1) is 13.2 Å². The fourth-order valence-corrected chi connectivity index (χ4v) is 3.33. The molecule has 1 atom stereocenters. The van der Waals surface area contributed by atoms with Crippen LogP contribution in [0.3, 0.4) is 0 Å². The van der Waals surface area contributed by atoms with Crippen LogP contribution >= 0.6 is 0 Å². The first-order valence-corrected chi connectivity index (χ1v) is 9.25. The lowest BCUT2D eigenvalue weighted by Crippen LogP contribution is -2.48. The van der Waals surface area contributed by atoms with Crippen LogP contribution in [0.5, 0.6) is 0 Å². The Kier molecular flexibility index (Phi) is 6.47. The van der Waals surface area contributed by atoms with Gasteiger partial charge in [-0.3, -0.25) is 4.90 Å². The molecule has 0 unspecified atom stereocenters. The molecule has 0 spiro atoms. The Balaban J connectivity index is 1.37. The third kappa shape index (κ3) is 5.57. The highest BCUT2D eigenvalue weighted by Crippen LogP contribution is 2.17. The predicted molar refractivity (Wildman–Crippen MR) is 97.8 cm³/mol. The van der Waals surface area contributed by atoms with Crippen molar-refractivity contribution in [1.29, 1.82) is 0 Å². The summed E-state index contributed by atoms with van der Waals surface area (Å²) in [6.07, 6.45) is 4.34. The molecule has 0 radical (unpaired) electrons. The first-order chi connectivity index (χ1) is 12.2. The smallest absolute Gasteiger partial charge is 0.315 e. The molecule has 2 amide bonds. The number of pyridine rings is 1. The fraction of sp³-hybridized carbons (Fsp3) is 0.667. The first kappa shape index (κ1) is 17.9. The van der Waals surface area contributed by atoms with E-state index in [4.69, 9.17) is 4.74 Å². The molecule has 7 nitrogen and oxygen atoms in total. The monoisotopic (exact) mass is 347 g/mol. The summed E-state index contributed by atoms with van der Waals surface area (Å²) in [5, 5.41) is 5.90. The van der Waals surface area contributed by atoms with Crippen LogP contribution in [-0.4, -0.2) is 67.9 Å². The number of ether oxygens (including phenoxy) is 1. The van der Waals surface area contributed by atoms with Crippen molar-refractivity contribution in [2.24, 2.45) is 0 Å². The summed E-state index contributed by atoms with van der Waals surface area (Å²) >= 11 is 0. The molecule has 0 aromatic carbocycles. The quantitative estimate of drug-likeness (QED) is 0.809. The van der Waals surface area contributed by atoms with E-state index in [9.17, 15) is 4.79 Å². The van der Waals surface area contributed by atoms with Crippen molar-refractivity contribution in [3.63, 3.8) is 0 Å². The lowest BCUT2D eigenvalue weighted by molar-refractivity contribution is 0.0349. The minimum absolute atomic E-state index is 0.105. The van der Waals surface area contributed by atoms with Crippen molar-refractivity contribution in [2.75, 3.05) is 50.8 Å². The maximum atomic E-state index is 12.1. The average Bonchev–Trinajstić information content (AvgIpc) is 3.16. The number of nitrogens with one attached hydrogen (secondary N) is 2. The Labute approximate surface area is 149 Å². The second kappa shape index (κ2) is 9.01. The summed E-state index contributed by atoms with van der Waals surface area (Å²) in [5.41, 5.74) is 1.01. The molecule has 0 aliphatic carbocycles. The maximum absolute atomic E-state index is 12.1. The van der Waals surface area contributed by atoms with Crippen molar-refractivity contribution in [3.05, 3.63) is 23.9 Å². The number of carbonyl (C=O) groups is 1. The molecular weight excluding hydrogens is 318 g/mol. The molecule has 1 aromatic rings. The van der Waals surface area contributed by atoms with Crippen molar-refractivity contribution in [2.45, 2.75) is 32.4 Å². The number of amides is 2. The zero-order valence-electron chi connectivity index (χ0n) is 15.0. The number of carbonyl (C=O) groups excluding carboxylic acids is 1. The lowest BCUT2D eigenvalue weighted by atomic mass is 10.2. The molecule has 3 heterocycles. The molecule has 2 aliphatic rings. The minimum atomic E-state index is -0.135. The third-order valence-electron chi connectivity index (χ3n) is 4.71. The number of aromatic nitrogens is 1. The molecule has 2 aliphatic heterocycles. The molecule has 2 N–H and O–H groups in total. The molecule has 25 heavy (non-hydrogen) atoms. The van der Waals surface area contributed by atoms with Crippen molar-refractivity contribution in [3.8, 4) is 0 Å². The largest absolute Gasteiger partial charge is 0.379 e. The zero-order chi connectivity index (χ0) is 17.5. The van der Waals surface area contributed by atoms with E-state index in [1.54, 1.807) is 0 Å². The van der Waals surface area contributed by atoms with Gasteiger partial charge >= 0.3 is 6.03 Å². The Hall–Kier alpha value is -1.86. The van der Waals surface area contributed by atoms with Gasteiger partial charge in [-0.15, -0.1) is 0 Å². The molecular formula is C18H29N5O2. The van der Waals surface area contributed by atoms with Gasteiger partial charge in [0.2, 0.25) is 0 Å². The predicted octanol–water partition coefficient (Wildman–Crippen LogP) is 1.20. The van der Waals surface area contributed by atoms with E-state index in [-0.39, 0.29) is 12.1 Å². The Morgan fingerprint density at radius 3 is 2.68 bits per heavy atom. The van der Waals surface area contributed by atoms with Gasteiger partial charge in [0.1, 0.15) is 5.82 Å². The average molecular weight is 347 g/mol. The first-order valence-electron chi connectivity index (χ1n) is 9.25. The highest BCUT2D eigenvalue weighted by Gasteiger charge is 2.15. The van der Waals surface area contributed by atoms with Crippen LogP contribution in [0.15, 0.2) is 18.3 Å². The molecule has 7 heteroatoms. The van der Waals surface area contributed by atoms with Gasteiger partial charge in [-0.25, -0.2) is 9.78 Å². The van der Waals surface area contributed by atoms with Crippen molar-refractivity contribution >= 4 is 11.8 Å². The molecule has 0 saturated carbocycles. The summed E-state index contributed by atoms with van der Waals surface area (Å²) in [7, 11) is 0.